The first-order chi connectivity index (χ1) is 23.9. The molecule has 1 fully saturated rings. The lowest BCUT2D eigenvalue weighted by Crippen LogP contribution is -2.47. The third-order valence-electron chi connectivity index (χ3n) is 11.5. The maximum absolute atomic E-state index is 14.0. The zero-order valence-electron chi connectivity index (χ0n) is 28.9. The lowest BCUT2D eigenvalue weighted by atomic mass is 9.70. The van der Waals surface area contributed by atoms with Crippen molar-refractivity contribution in [3.05, 3.63) is 121 Å². The monoisotopic (exact) mass is 648 g/mol. The number of carbonyl (C=O) groups excluding carboxylic acids is 1. The van der Waals surface area contributed by atoms with Crippen molar-refractivity contribution in [3.63, 3.8) is 0 Å². The Kier molecular flexibility index (Phi) is 7.83. The Morgan fingerprint density at radius 1 is 0.755 bits per heavy atom. The molecule has 0 spiro atoms. The summed E-state index contributed by atoms with van der Waals surface area (Å²) in [5.74, 6) is -0.118. The summed E-state index contributed by atoms with van der Waals surface area (Å²) in [6.07, 6.45) is 2.46. The molecule has 0 radical (unpaired) electrons. The maximum Gasteiger partial charge on any atom is 0.312 e. The van der Waals surface area contributed by atoms with Crippen LogP contribution in [-0.2, 0) is 14.3 Å². The molecule has 0 bridgehead atoms. The van der Waals surface area contributed by atoms with Crippen LogP contribution in [0.5, 0.6) is 0 Å². The molecular formula is C44H44N2O3. The molecule has 5 heteroatoms. The Morgan fingerprint density at radius 3 is 2.10 bits per heavy atom. The number of carbonyl (C=O) groups is 1. The van der Waals surface area contributed by atoms with E-state index in [2.05, 4.69) is 152 Å². The van der Waals surface area contributed by atoms with Gasteiger partial charge in [0.15, 0.2) is 0 Å². The third-order valence-corrected chi connectivity index (χ3v) is 11.5. The Labute approximate surface area is 288 Å². The largest absolute Gasteiger partial charge is 0.464 e. The molecular weight excluding hydrogens is 604 g/mol. The van der Waals surface area contributed by atoms with E-state index in [1.54, 1.807) is 0 Å². The second-order valence-corrected chi connectivity index (χ2v) is 14.1. The summed E-state index contributed by atoms with van der Waals surface area (Å²) in [6, 6.07) is 41.5. The van der Waals surface area contributed by atoms with Crippen molar-refractivity contribution in [2.24, 2.45) is 10.8 Å². The van der Waals surface area contributed by atoms with Gasteiger partial charge in [0.25, 0.3) is 0 Å². The number of fused-ring (bicyclic) bond motifs is 7. The first-order valence-corrected chi connectivity index (χ1v) is 17.8. The van der Waals surface area contributed by atoms with E-state index in [1.807, 2.05) is 0 Å². The molecule has 2 atom stereocenters. The van der Waals surface area contributed by atoms with Gasteiger partial charge in [-0.05, 0) is 80.1 Å². The van der Waals surface area contributed by atoms with Crippen LogP contribution in [0.2, 0.25) is 0 Å². The number of rotatable bonds is 10. The standard InChI is InChI=1S/C44H44N2O3/c1-5-36(43(4,6-2)42(47)49-29-44(7-3)27-48-28-44)30-16-15-19-32(26-30)46-37-22-13-11-20-33(37)34-24-25-39-40(41(34)46)35-21-12-14-23-38(35)45(39)31-17-9-8-10-18-31/h8-26,36H,5-7,27-29H2,1-4H3. The molecule has 2 unspecified atom stereocenters. The van der Waals surface area contributed by atoms with Crippen molar-refractivity contribution in [1.82, 2.24) is 9.13 Å². The first kappa shape index (κ1) is 31.4. The molecule has 0 N–H and O–H groups in total. The van der Waals surface area contributed by atoms with Gasteiger partial charge in [-0.25, -0.2) is 0 Å². The fourth-order valence-electron chi connectivity index (χ4n) is 8.26. The SMILES string of the molecule is CCC(c1cccc(-n2c3ccccc3c3ccc4c(c5ccccc5n4-c4ccccc4)c32)c1)C(C)(CC)C(=O)OCC1(CC)COC1. The van der Waals surface area contributed by atoms with E-state index in [-0.39, 0.29) is 17.3 Å². The molecule has 1 aliphatic rings. The normalized spacial score (nSPS) is 16.2. The van der Waals surface area contributed by atoms with Crippen LogP contribution >= 0.6 is 0 Å². The van der Waals surface area contributed by atoms with E-state index in [0.717, 1.165) is 35.3 Å². The van der Waals surface area contributed by atoms with Crippen LogP contribution in [0, 0.1) is 10.8 Å². The summed E-state index contributed by atoms with van der Waals surface area (Å²) < 4.78 is 16.4. The zero-order chi connectivity index (χ0) is 33.8. The number of esters is 1. The Balaban J connectivity index is 1.31. The van der Waals surface area contributed by atoms with Crippen molar-refractivity contribution in [3.8, 4) is 11.4 Å². The highest BCUT2D eigenvalue weighted by molar-refractivity contribution is 6.26. The van der Waals surface area contributed by atoms with Crippen LogP contribution < -0.4 is 0 Å². The number of para-hydroxylation sites is 3. The summed E-state index contributed by atoms with van der Waals surface area (Å²) in [7, 11) is 0. The van der Waals surface area contributed by atoms with E-state index in [1.165, 1.54) is 38.1 Å². The molecule has 1 saturated heterocycles. The third kappa shape index (κ3) is 4.89. The van der Waals surface area contributed by atoms with E-state index in [4.69, 9.17) is 9.47 Å². The molecule has 5 nitrogen and oxygen atoms in total. The van der Waals surface area contributed by atoms with Crippen LogP contribution in [0.3, 0.4) is 0 Å². The predicted molar refractivity (Wildman–Crippen MR) is 201 cm³/mol. The smallest absolute Gasteiger partial charge is 0.312 e. The number of ether oxygens (including phenoxy) is 2. The number of hydrogen-bond acceptors (Lipinski definition) is 3. The van der Waals surface area contributed by atoms with E-state index < -0.39 is 5.41 Å². The van der Waals surface area contributed by atoms with Crippen LogP contribution in [0.25, 0.3) is 55.0 Å². The highest BCUT2D eigenvalue weighted by Crippen LogP contribution is 2.45. The first-order valence-electron chi connectivity index (χ1n) is 17.8. The number of aromatic nitrogens is 2. The highest BCUT2D eigenvalue weighted by atomic mass is 16.5. The van der Waals surface area contributed by atoms with Gasteiger partial charge in [-0.1, -0.05) is 93.6 Å². The summed E-state index contributed by atoms with van der Waals surface area (Å²) in [4.78, 5) is 14.0. The lowest BCUT2D eigenvalue weighted by molar-refractivity contribution is -0.180. The molecule has 49 heavy (non-hydrogen) atoms. The molecule has 248 valence electrons. The quantitative estimate of drug-likeness (QED) is 0.139. The van der Waals surface area contributed by atoms with Crippen molar-refractivity contribution < 1.29 is 14.3 Å². The number of hydrogen-bond donors (Lipinski definition) is 0. The number of nitrogens with zero attached hydrogens (tertiary/aromatic N) is 2. The van der Waals surface area contributed by atoms with Gasteiger partial charge in [-0.3, -0.25) is 4.79 Å². The topological polar surface area (TPSA) is 45.4 Å². The van der Waals surface area contributed by atoms with E-state index >= 15 is 0 Å². The zero-order valence-corrected chi connectivity index (χ0v) is 28.9. The highest BCUT2D eigenvalue weighted by Gasteiger charge is 2.44. The molecule has 2 aromatic heterocycles. The minimum absolute atomic E-state index is 0.00623. The van der Waals surface area contributed by atoms with Crippen LogP contribution in [-0.4, -0.2) is 34.9 Å². The molecule has 5 aromatic carbocycles. The average Bonchev–Trinajstić information content (AvgIpc) is 3.65. The minimum Gasteiger partial charge on any atom is -0.464 e. The maximum atomic E-state index is 14.0. The fourth-order valence-corrected chi connectivity index (χ4v) is 8.26. The molecule has 8 rings (SSSR count). The second kappa shape index (κ2) is 12.2. The summed E-state index contributed by atoms with van der Waals surface area (Å²) in [5, 5.41) is 4.91. The van der Waals surface area contributed by atoms with Crippen molar-refractivity contribution in [2.45, 2.75) is 52.9 Å². The molecule has 0 amide bonds. The van der Waals surface area contributed by atoms with Crippen LogP contribution in [0.15, 0.2) is 115 Å². The van der Waals surface area contributed by atoms with E-state index in [0.29, 0.717) is 26.2 Å². The summed E-state index contributed by atoms with van der Waals surface area (Å²) >= 11 is 0. The molecule has 0 saturated carbocycles. The molecule has 7 aromatic rings. The van der Waals surface area contributed by atoms with Crippen molar-refractivity contribution in [2.75, 3.05) is 19.8 Å². The molecule has 3 heterocycles. The van der Waals surface area contributed by atoms with Gasteiger partial charge in [-0.15, -0.1) is 0 Å². The van der Waals surface area contributed by atoms with Gasteiger partial charge >= 0.3 is 5.97 Å². The molecule has 1 aliphatic heterocycles. The summed E-state index contributed by atoms with van der Waals surface area (Å²) in [5.41, 5.74) is 7.40. The number of benzene rings is 5. The lowest BCUT2D eigenvalue weighted by Gasteiger charge is -2.41. The molecule has 0 aliphatic carbocycles. The predicted octanol–water partition coefficient (Wildman–Crippen LogP) is 10.8. The van der Waals surface area contributed by atoms with Crippen molar-refractivity contribution in [1.29, 1.82) is 0 Å². The fraction of sp³-hybridized carbons (Fsp3) is 0.295. The van der Waals surface area contributed by atoms with Crippen LogP contribution in [0.4, 0.5) is 0 Å². The Hall–Kier alpha value is -4.87. The van der Waals surface area contributed by atoms with Gasteiger partial charge < -0.3 is 18.6 Å². The Bertz CT molecular complexity index is 2320. The Morgan fingerprint density at radius 2 is 1.43 bits per heavy atom. The van der Waals surface area contributed by atoms with E-state index in [9.17, 15) is 4.79 Å². The van der Waals surface area contributed by atoms with Gasteiger partial charge in [0.1, 0.15) is 6.61 Å². The van der Waals surface area contributed by atoms with Crippen molar-refractivity contribution >= 4 is 49.6 Å². The average molecular weight is 649 g/mol. The summed E-state index contributed by atoms with van der Waals surface area (Å²) in [6.45, 7) is 10.3. The second-order valence-electron chi connectivity index (χ2n) is 14.1. The van der Waals surface area contributed by atoms with Gasteiger partial charge in [-0.2, -0.15) is 0 Å². The van der Waals surface area contributed by atoms with Crippen LogP contribution in [0.1, 0.15) is 58.4 Å². The van der Waals surface area contributed by atoms with Gasteiger partial charge in [0, 0.05) is 32.9 Å². The minimum atomic E-state index is -0.663. The van der Waals surface area contributed by atoms with Gasteiger partial charge in [0.05, 0.1) is 46.1 Å². The van der Waals surface area contributed by atoms with Gasteiger partial charge in [0.2, 0.25) is 0 Å².